The van der Waals surface area contributed by atoms with Crippen LogP contribution < -0.4 is 20.1 Å². The molecule has 3 rings (SSSR count). The highest BCUT2D eigenvalue weighted by molar-refractivity contribution is 5.62. The van der Waals surface area contributed by atoms with Gasteiger partial charge in [-0.1, -0.05) is 0 Å². The van der Waals surface area contributed by atoms with Crippen LogP contribution in [0.2, 0.25) is 0 Å². The quantitative estimate of drug-likeness (QED) is 0.854. The van der Waals surface area contributed by atoms with Gasteiger partial charge in [0.25, 0.3) is 0 Å². The number of aromatic nitrogens is 2. The van der Waals surface area contributed by atoms with Crippen LogP contribution in [0.4, 0.5) is 17.5 Å². The minimum Gasteiger partial charge on any atom is -0.497 e. The number of anilines is 3. The molecule has 116 valence electrons. The number of hydrogen-bond acceptors (Lipinski definition) is 6. The Hall–Kier alpha value is -2.50. The summed E-state index contributed by atoms with van der Waals surface area (Å²) in [5.74, 6) is 3.41. The first-order valence-corrected chi connectivity index (χ1v) is 7.28. The normalized spacial score (nSPS) is 13.6. The molecule has 6 nitrogen and oxygen atoms in total. The highest BCUT2D eigenvalue weighted by Crippen LogP contribution is 2.40. The maximum Gasteiger partial charge on any atom is 0.224 e. The smallest absolute Gasteiger partial charge is 0.224 e. The van der Waals surface area contributed by atoms with Gasteiger partial charge in [0.2, 0.25) is 5.95 Å². The molecular weight excluding hydrogens is 280 g/mol. The third-order valence-electron chi connectivity index (χ3n) is 3.59. The lowest BCUT2D eigenvalue weighted by Gasteiger charge is -2.12. The molecule has 1 saturated carbocycles. The summed E-state index contributed by atoms with van der Waals surface area (Å²) in [6.07, 6.45) is 2.40. The molecule has 0 aliphatic heterocycles. The van der Waals surface area contributed by atoms with Crippen LogP contribution in [0.25, 0.3) is 0 Å². The molecule has 0 amide bonds. The van der Waals surface area contributed by atoms with Crippen molar-refractivity contribution in [3.8, 4) is 11.5 Å². The maximum atomic E-state index is 5.29. The molecule has 22 heavy (non-hydrogen) atoms. The highest BCUT2D eigenvalue weighted by atomic mass is 16.5. The Kier molecular flexibility index (Phi) is 4.00. The van der Waals surface area contributed by atoms with Crippen molar-refractivity contribution in [2.24, 2.45) is 0 Å². The Morgan fingerprint density at radius 1 is 1.00 bits per heavy atom. The summed E-state index contributed by atoms with van der Waals surface area (Å²) in [6, 6.07) is 7.64. The van der Waals surface area contributed by atoms with Crippen LogP contribution in [-0.4, -0.2) is 31.2 Å². The number of methoxy groups -OCH3 is 2. The van der Waals surface area contributed by atoms with E-state index in [9.17, 15) is 0 Å². The van der Waals surface area contributed by atoms with E-state index >= 15 is 0 Å². The third kappa shape index (κ3) is 3.21. The fraction of sp³-hybridized carbons (Fsp3) is 0.375. The van der Waals surface area contributed by atoms with Crippen LogP contribution in [-0.2, 0) is 0 Å². The second-order valence-electron chi connectivity index (χ2n) is 5.25. The predicted octanol–water partition coefficient (Wildman–Crippen LogP) is 3.16. The molecule has 6 heteroatoms. The van der Waals surface area contributed by atoms with E-state index in [4.69, 9.17) is 9.47 Å². The molecule has 1 aliphatic carbocycles. The molecule has 1 aromatic carbocycles. The Labute approximate surface area is 129 Å². The van der Waals surface area contributed by atoms with Crippen LogP contribution >= 0.6 is 0 Å². The van der Waals surface area contributed by atoms with E-state index in [0.29, 0.717) is 11.9 Å². The van der Waals surface area contributed by atoms with Crippen LogP contribution in [0.1, 0.15) is 24.5 Å². The van der Waals surface area contributed by atoms with E-state index in [1.54, 1.807) is 14.2 Å². The van der Waals surface area contributed by atoms with Gasteiger partial charge in [-0.3, -0.25) is 0 Å². The number of nitrogens with one attached hydrogen (secondary N) is 2. The largest absolute Gasteiger partial charge is 0.497 e. The van der Waals surface area contributed by atoms with Gasteiger partial charge in [0.15, 0.2) is 0 Å². The van der Waals surface area contributed by atoms with Gasteiger partial charge in [0.05, 0.1) is 19.9 Å². The second-order valence-corrected chi connectivity index (χ2v) is 5.25. The lowest BCUT2D eigenvalue weighted by Crippen LogP contribution is -2.03. The van der Waals surface area contributed by atoms with Crippen LogP contribution in [0.3, 0.4) is 0 Å². The summed E-state index contributed by atoms with van der Waals surface area (Å²) in [5.41, 5.74) is 1.94. The Morgan fingerprint density at radius 3 is 2.23 bits per heavy atom. The number of hydrogen-bond donors (Lipinski definition) is 2. The van der Waals surface area contributed by atoms with Crippen molar-refractivity contribution in [2.45, 2.75) is 18.8 Å². The average Bonchev–Trinajstić information content (AvgIpc) is 3.39. The molecule has 0 spiro atoms. The zero-order valence-electron chi connectivity index (χ0n) is 13.0. The molecule has 1 aromatic heterocycles. The van der Waals surface area contributed by atoms with Crippen molar-refractivity contribution >= 4 is 17.5 Å². The summed E-state index contributed by atoms with van der Waals surface area (Å²) >= 11 is 0. The van der Waals surface area contributed by atoms with Crippen molar-refractivity contribution in [3.05, 3.63) is 30.0 Å². The van der Waals surface area contributed by atoms with Crippen molar-refractivity contribution in [3.63, 3.8) is 0 Å². The van der Waals surface area contributed by atoms with E-state index in [1.165, 1.54) is 12.8 Å². The topological polar surface area (TPSA) is 68.3 Å². The molecule has 2 aromatic rings. The Balaban J connectivity index is 1.90. The minimum atomic E-state index is 0.565. The standard InChI is InChI=1S/C16H20N4O2/c1-17-16-19-14(10-4-5-10)9-15(20-16)18-11-6-12(21-2)8-13(7-11)22-3/h6-10H,4-5H2,1-3H3,(H2,17,18,19,20). The molecular formula is C16H20N4O2. The molecule has 2 N–H and O–H groups in total. The molecule has 0 bridgehead atoms. The first kappa shape index (κ1) is 14.4. The maximum absolute atomic E-state index is 5.29. The SMILES string of the molecule is CNc1nc(Nc2cc(OC)cc(OC)c2)cc(C2CC2)n1. The number of nitrogens with zero attached hydrogens (tertiary/aromatic N) is 2. The highest BCUT2D eigenvalue weighted by Gasteiger charge is 2.26. The van der Waals surface area contributed by atoms with Crippen molar-refractivity contribution in [1.82, 2.24) is 9.97 Å². The molecule has 0 radical (unpaired) electrons. The molecule has 1 aliphatic rings. The lowest BCUT2D eigenvalue weighted by molar-refractivity contribution is 0.395. The first-order chi connectivity index (χ1) is 10.7. The Bertz CT molecular complexity index is 649. The van der Waals surface area contributed by atoms with Crippen molar-refractivity contribution < 1.29 is 9.47 Å². The molecule has 0 unspecified atom stereocenters. The van der Waals surface area contributed by atoms with Gasteiger partial charge < -0.3 is 20.1 Å². The van der Waals surface area contributed by atoms with E-state index in [2.05, 4.69) is 20.6 Å². The lowest BCUT2D eigenvalue weighted by atomic mass is 10.2. The van der Waals surface area contributed by atoms with E-state index < -0.39 is 0 Å². The number of ether oxygens (including phenoxy) is 2. The summed E-state index contributed by atoms with van der Waals surface area (Å²) in [6.45, 7) is 0. The van der Waals surface area contributed by atoms with Crippen LogP contribution in [0.15, 0.2) is 24.3 Å². The van der Waals surface area contributed by atoms with E-state index in [-0.39, 0.29) is 0 Å². The van der Waals surface area contributed by atoms with Gasteiger partial charge in [-0.05, 0) is 12.8 Å². The Morgan fingerprint density at radius 2 is 1.68 bits per heavy atom. The first-order valence-electron chi connectivity index (χ1n) is 7.28. The zero-order chi connectivity index (χ0) is 15.5. The minimum absolute atomic E-state index is 0.565. The van der Waals surface area contributed by atoms with Crippen molar-refractivity contribution in [1.29, 1.82) is 0 Å². The predicted molar refractivity (Wildman–Crippen MR) is 86.4 cm³/mol. The monoisotopic (exact) mass is 300 g/mol. The summed E-state index contributed by atoms with van der Waals surface area (Å²) < 4.78 is 10.6. The summed E-state index contributed by atoms with van der Waals surface area (Å²) in [7, 11) is 5.09. The average molecular weight is 300 g/mol. The number of benzene rings is 1. The molecule has 0 atom stereocenters. The van der Waals surface area contributed by atoms with Crippen molar-refractivity contribution in [2.75, 3.05) is 31.9 Å². The van der Waals surface area contributed by atoms with Gasteiger partial charge in [0, 0.05) is 42.9 Å². The van der Waals surface area contributed by atoms with Crippen LogP contribution in [0.5, 0.6) is 11.5 Å². The molecule has 1 fully saturated rings. The zero-order valence-corrected chi connectivity index (χ0v) is 13.0. The molecule has 0 saturated heterocycles. The number of rotatable bonds is 6. The van der Waals surface area contributed by atoms with Crippen LogP contribution in [0, 0.1) is 0 Å². The fourth-order valence-electron chi connectivity index (χ4n) is 2.26. The van der Waals surface area contributed by atoms with Gasteiger partial charge >= 0.3 is 0 Å². The third-order valence-corrected chi connectivity index (χ3v) is 3.59. The van der Waals surface area contributed by atoms with Gasteiger partial charge in [-0.25, -0.2) is 4.98 Å². The van der Waals surface area contributed by atoms with Gasteiger partial charge in [0.1, 0.15) is 17.3 Å². The summed E-state index contributed by atoms with van der Waals surface area (Å²) in [5, 5.41) is 6.31. The van der Waals surface area contributed by atoms with E-state index in [0.717, 1.165) is 28.7 Å². The van der Waals surface area contributed by atoms with Gasteiger partial charge in [-0.15, -0.1) is 0 Å². The fourth-order valence-corrected chi connectivity index (χ4v) is 2.26. The second kappa shape index (κ2) is 6.09. The van der Waals surface area contributed by atoms with Gasteiger partial charge in [-0.2, -0.15) is 4.98 Å². The summed E-state index contributed by atoms with van der Waals surface area (Å²) in [4.78, 5) is 8.96. The van der Waals surface area contributed by atoms with E-state index in [1.807, 2.05) is 31.3 Å². The molecule has 1 heterocycles.